The highest BCUT2D eigenvalue weighted by molar-refractivity contribution is 7.92. The fourth-order valence-electron chi connectivity index (χ4n) is 3.31. The number of aromatic hydroxyl groups is 1. The molecule has 3 aromatic rings. The Morgan fingerprint density at radius 1 is 1.00 bits per heavy atom. The monoisotopic (exact) mass is 380 g/mol. The molecular formula is C20H16N2O4S. The van der Waals surface area contributed by atoms with Crippen LogP contribution in [0.3, 0.4) is 0 Å². The van der Waals surface area contributed by atoms with Crippen LogP contribution in [-0.2, 0) is 9.84 Å². The van der Waals surface area contributed by atoms with Crippen molar-refractivity contribution >= 4 is 21.2 Å². The van der Waals surface area contributed by atoms with Crippen molar-refractivity contribution in [3.63, 3.8) is 0 Å². The van der Waals surface area contributed by atoms with E-state index < -0.39 is 21.1 Å². The molecule has 0 bridgehead atoms. The Balaban J connectivity index is 1.99. The highest BCUT2D eigenvalue weighted by Gasteiger charge is 2.30. The van der Waals surface area contributed by atoms with Crippen LogP contribution in [0.5, 0.6) is 5.75 Å². The van der Waals surface area contributed by atoms with Gasteiger partial charge in [-0.05, 0) is 24.6 Å². The quantitative estimate of drug-likeness (QED) is 0.714. The number of aliphatic imine (C=N–C) groups is 1. The van der Waals surface area contributed by atoms with Crippen LogP contribution in [-0.4, -0.2) is 30.0 Å². The molecule has 0 aliphatic carbocycles. The Morgan fingerprint density at radius 3 is 2.41 bits per heavy atom. The second-order valence-corrected chi connectivity index (χ2v) is 8.29. The maximum Gasteiger partial charge on any atom is 0.261 e. The van der Waals surface area contributed by atoms with Gasteiger partial charge >= 0.3 is 0 Å². The summed E-state index contributed by atoms with van der Waals surface area (Å²) in [6.45, 7) is 1.68. The number of benzene rings is 2. The molecule has 0 amide bonds. The van der Waals surface area contributed by atoms with Gasteiger partial charge < -0.3 is 10.1 Å². The lowest BCUT2D eigenvalue weighted by Gasteiger charge is -2.18. The molecule has 0 saturated carbocycles. The maximum atomic E-state index is 12.6. The smallest absolute Gasteiger partial charge is 0.261 e. The number of nitrogens with one attached hydrogen (secondary N) is 1. The van der Waals surface area contributed by atoms with E-state index in [9.17, 15) is 18.3 Å². The van der Waals surface area contributed by atoms with E-state index in [0.717, 1.165) is 0 Å². The van der Waals surface area contributed by atoms with E-state index in [1.54, 1.807) is 37.3 Å². The van der Waals surface area contributed by atoms with Gasteiger partial charge in [0, 0.05) is 11.3 Å². The molecule has 0 atom stereocenters. The van der Waals surface area contributed by atoms with E-state index >= 15 is 0 Å². The van der Waals surface area contributed by atoms with E-state index in [0.29, 0.717) is 16.8 Å². The minimum atomic E-state index is -3.66. The van der Waals surface area contributed by atoms with E-state index in [1.807, 2.05) is 18.2 Å². The third-order valence-electron chi connectivity index (χ3n) is 4.51. The fourth-order valence-corrected chi connectivity index (χ4v) is 4.75. The summed E-state index contributed by atoms with van der Waals surface area (Å²) in [7, 11) is -3.66. The molecule has 1 aliphatic heterocycles. The second kappa shape index (κ2) is 6.21. The van der Waals surface area contributed by atoms with Crippen molar-refractivity contribution < 1.29 is 13.5 Å². The molecule has 0 saturated heterocycles. The summed E-state index contributed by atoms with van der Waals surface area (Å²) >= 11 is 0. The summed E-state index contributed by atoms with van der Waals surface area (Å²) in [4.78, 5) is 19.8. The van der Waals surface area contributed by atoms with Crippen molar-refractivity contribution in [2.24, 2.45) is 4.99 Å². The minimum absolute atomic E-state index is 0.0321. The van der Waals surface area contributed by atoms with E-state index in [4.69, 9.17) is 0 Å². The Hall–Kier alpha value is -3.19. The van der Waals surface area contributed by atoms with Crippen LogP contribution in [0.15, 0.2) is 69.3 Å². The fraction of sp³-hybridized carbons (Fsp3) is 0.100. The third kappa shape index (κ3) is 2.86. The number of nitrogens with zero attached hydrogens (tertiary/aromatic N) is 1. The van der Waals surface area contributed by atoms with Crippen molar-refractivity contribution in [2.75, 3.05) is 5.75 Å². The number of aryl methyl sites for hydroxylation is 1. The molecule has 0 spiro atoms. The molecule has 2 heterocycles. The molecule has 1 aliphatic rings. The number of aromatic nitrogens is 1. The number of H-pyrrole nitrogens is 1. The lowest BCUT2D eigenvalue weighted by atomic mass is 9.99. The van der Waals surface area contributed by atoms with Crippen LogP contribution < -0.4 is 5.56 Å². The van der Waals surface area contributed by atoms with Gasteiger partial charge in [-0.15, -0.1) is 0 Å². The van der Waals surface area contributed by atoms with Crippen molar-refractivity contribution in [1.29, 1.82) is 0 Å². The molecule has 7 heteroatoms. The van der Waals surface area contributed by atoms with Crippen LogP contribution >= 0.6 is 0 Å². The van der Waals surface area contributed by atoms with Crippen molar-refractivity contribution in [3.05, 3.63) is 76.2 Å². The van der Waals surface area contributed by atoms with Crippen molar-refractivity contribution in [3.8, 4) is 16.9 Å². The highest BCUT2D eigenvalue weighted by atomic mass is 32.2. The lowest BCUT2D eigenvalue weighted by molar-refractivity contribution is 0.474. The highest BCUT2D eigenvalue weighted by Crippen LogP contribution is 2.36. The van der Waals surface area contributed by atoms with Gasteiger partial charge in [-0.25, -0.2) is 8.42 Å². The molecule has 0 unspecified atom stereocenters. The van der Waals surface area contributed by atoms with Gasteiger partial charge in [0.1, 0.15) is 11.3 Å². The number of sulfone groups is 1. The first-order valence-electron chi connectivity index (χ1n) is 8.29. The number of hydrogen-bond donors (Lipinski definition) is 2. The van der Waals surface area contributed by atoms with Gasteiger partial charge in [0.25, 0.3) is 5.56 Å². The first-order chi connectivity index (χ1) is 12.9. The topological polar surface area (TPSA) is 99.6 Å². The van der Waals surface area contributed by atoms with Crippen LogP contribution in [0.1, 0.15) is 11.3 Å². The zero-order valence-corrected chi connectivity index (χ0v) is 15.2. The van der Waals surface area contributed by atoms with Gasteiger partial charge in [0.15, 0.2) is 9.84 Å². The summed E-state index contributed by atoms with van der Waals surface area (Å²) in [5.74, 6) is -0.714. The zero-order valence-electron chi connectivity index (χ0n) is 14.4. The Labute approximate surface area is 155 Å². The molecule has 1 aromatic heterocycles. The summed E-state index contributed by atoms with van der Waals surface area (Å²) in [6.07, 6.45) is 0. The van der Waals surface area contributed by atoms with Gasteiger partial charge in [-0.2, -0.15) is 0 Å². The standard InChI is InChI=1S/C20H16N2O4S/c1-12-17(13-7-3-2-4-8-13)19(23)18(20(24)21-12)15-11-27(25,26)16-10-6-5-9-14(16)22-15/h2-10H,11H2,1H3,(H2,21,23,24). The Kier molecular flexibility index (Phi) is 3.96. The molecule has 0 radical (unpaired) electrons. The number of fused-ring (bicyclic) bond motifs is 1. The van der Waals surface area contributed by atoms with Gasteiger partial charge in [-0.1, -0.05) is 42.5 Å². The normalized spacial score (nSPS) is 15.1. The largest absolute Gasteiger partial charge is 0.506 e. The molecule has 2 N–H and O–H groups in total. The van der Waals surface area contributed by atoms with Crippen LogP contribution in [0.4, 0.5) is 5.69 Å². The summed E-state index contributed by atoms with van der Waals surface area (Å²) in [5, 5.41) is 10.9. The van der Waals surface area contributed by atoms with Gasteiger partial charge in [0.05, 0.1) is 22.0 Å². The van der Waals surface area contributed by atoms with Crippen LogP contribution in [0, 0.1) is 6.92 Å². The molecule has 4 rings (SSSR count). The predicted octanol–water partition coefficient (Wildman–Crippen LogP) is 2.96. The van der Waals surface area contributed by atoms with Crippen LogP contribution in [0.2, 0.25) is 0 Å². The third-order valence-corrected chi connectivity index (χ3v) is 6.18. The van der Waals surface area contributed by atoms with E-state index in [-0.39, 0.29) is 27.6 Å². The van der Waals surface area contributed by atoms with Crippen molar-refractivity contribution in [2.45, 2.75) is 11.8 Å². The number of para-hydroxylation sites is 1. The lowest BCUT2D eigenvalue weighted by Crippen LogP contribution is -2.28. The van der Waals surface area contributed by atoms with Gasteiger partial charge in [-0.3, -0.25) is 9.79 Å². The zero-order chi connectivity index (χ0) is 19.2. The van der Waals surface area contributed by atoms with E-state index in [1.165, 1.54) is 6.07 Å². The summed E-state index contributed by atoms with van der Waals surface area (Å²) < 4.78 is 25.3. The number of pyridine rings is 1. The SMILES string of the molecule is Cc1[nH]c(=O)c(C2=Nc3ccccc3S(=O)(=O)C2)c(O)c1-c1ccccc1. The average Bonchev–Trinajstić information content (AvgIpc) is 2.62. The molecule has 2 aromatic carbocycles. The first-order valence-corrected chi connectivity index (χ1v) is 9.94. The first kappa shape index (κ1) is 17.2. The Bertz CT molecular complexity index is 1240. The van der Waals surface area contributed by atoms with E-state index in [2.05, 4.69) is 9.98 Å². The second-order valence-electron chi connectivity index (χ2n) is 6.33. The number of aromatic amines is 1. The minimum Gasteiger partial charge on any atom is -0.506 e. The van der Waals surface area contributed by atoms with Crippen LogP contribution in [0.25, 0.3) is 11.1 Å². The molecule has 136 valence electrons. The maximum absolute atomic E-state index is 12.6. The number of rotatable bonds is 2. The molecular weight excluding hydrogens is 364 g/mol. The summed E-state index contributed by atoms with van der Waals surface area (Å²) in [5.41, 5.74) is 1.26. The van der Waals surface area contributed by atoms with Gasteiger partial charge in [0.2, 0.25) is 0 Å². The Morgan fingerprint density at radius 2 is 1.67 bits per heavy atom. The summed E-state index contributed by atoms with van der Waals surface area (Å²) in [6, 6.07) is 15.4. The average molecular weight is 380 g/mol. The number of hydrogen-bond acceptors (Lipinski definition) is 5. The molecule has 0 fully saturated rings. The van der Waals surface area contributed by atoms with Crippen molar-refractivity contribution in [1.82, 2.24) is 4.98 Å². The molecule has 27 heavy (non-hydrogen) atoms. The predicted molar refractivity (Wildman–Crippen MR) is 104 cm³/mol. The molecule has 6 nitrogen and oxygen atoms in total.